The molecule has 6 nitrogen and oxygen atoms in total. The fraction of sp³-hybridized carbons (Fsp3) is 0.333. The van der Waals surface area contributed by atoms with Crippen LogP contribution in [-0.4, -0.2) is 38.3 Å². The Kier molecular flexibility index (Phi) is 8.53. The lowest BCUT2D eigenvalue weighted by molar-refractivity contribution is 0.203. The predicted molar refractivity (Wildman–Crippen MR) is 97.4 cm³/mol. The molecule has 1 heterocycles. The predicted octanol–water partition coefficient (Wildman–Crippen LogP) is 2.27. The van der Waals surface area contributed by atoms with E-state index in [2.05, 4.69) is 20.6 Å². The molecule has 0 fully saturated rings. The van der Waals surface area contributed by atoms with Gasteiger partial charge in [0.05, 0.1) is 18.8 Å². The van der Waals surface area contributed by atoms with Gasteiger partial charge in [-0.3, -0.25) is 4.99 Å². The Labute approximate surface area is 147 Å². The van der Waals surface area contributed by atoms with E-state index in [4.69, 9.17) is 9.15 Å². The number of oxazole rings is 1. The monoisotopic (exact) mass is 416 g/mol. The van der Waals surface area contributed by atoms with Crippen LogP contribution >= 0.6 is 24.0 Å². The van der Waals surface area contributed by atoms with Crippen molar-refractivity contribution in [1.29, 1.82) is 0 Å². The SMILES string of the molecule is CN=C(NCCOC)NCc1coc(-c2ccccc2)n1.I. The smallest absolute Gasteiger partial charge is 0.226 e. The van der Waals surface area contributed by atoms with Crippen molar-refractivity contribution in [3.8, 4) is 11.5 Å². The summed E-state index contributed by atoms with van der Waals surface area (Å²) in [6.07, 6.45) is 1.65. The average molecular weight is 416 g/mol. The summed E-state index contributed by atoms with van der Waals surface area (Å²) < 4.78 is 10.5. The maximum absolute atomic E-state index is 5.48. The number of guanidine groups is 1. The number of hydrogen-bond donors (Lipinski definition) is 2. The molecule has 0 radical (unpaired) electrons. The molecule has 1 aromatic carbocycles. The number of nitrogens with one attached hydrogen (secondary N) is 2. The van der Waals surface area contributed by atoms with Crippen molar-refractivity contribution in [3.63, 3.8) is 0 Å². The fourth-order valence-electron chi connectivity index (χ4n) is 1.77. The molecule has 0 amide bonds. The lowest BCUT2D eigenvalue weighted by Crippen LogP contribution is -2.38. The number of benzene rings is 1. The molecule has 2 rings (SSSR count). The van der Waals surface area contributed by atoms with E-state index in [0.29, 0.717) is 31.5 Å². The van der Waals surface area contributed by atoms with Gasteiger partial charge in [0, 0.05) is 26.3 Å². The van der Waals surface area contributed by atoms with E-state index in [1.54, 1.807) is 20.4 Å². The summed E-state index contributed by atoms with van der Waals surface area (Å²) in [5.74, 6) is 1.33. The highest BCUT2D eigenvalue weighted by atomic mass is 127. The van der Waals surface area contributed by atoms with Crippen LogP contribution in [0.2, 0.25) is 0 Å². The van der Waals surface area contributed by atoms with Crippen molar-refractivity contribution in [3.05, 3.63) is 42.3 Å². The number of nitrogens with zero attached hydrogens (tertiary/aromatic N) is 2. The Morgan fingerprint density at radius 2 is 2.05 bits per heavy atom. The van der Waals surface area contributed by atoms with Crippen molar-refractivity contribution < 1.29 is 9.15 Å². The standard InChI is InChI=1S/C15H20N4O2.HI/c1-16-15(17-8-9-20-2)18-10-13-11-21-14(19-13)12-6-4-3-5-7-12;/h3-7,11H,8-10H2,1-2H3,(H2,16,17,18);1H. The molecule has 0 aliphatic heterocycles. The van der Waals surface area contributed by atoms with E-state index >= 15 is 0 Å². The summed E-state index contributed by atoms with van der Waals surface area (Å²) in [6, 6.07) is 9.81. The lowest BCUT2D eigenvalue weighted by Gasteiger charge is -2.09. The topological polar surface area (TPSA) is 71.7 Å². The highest BCUT2D eigenvalue weighted by Crippen LogP contribution is 2.17. The molecule has 0 saturated carbocycles. The highest BCUT2D eigenvalue weighted by Gasteiger charge is 2.06. The maximum Gasteiger partial charge on any atom is 0.226 e. The molecule has 0 unspecified atom stereocenters. The molecule has 2 N–H and O–H groups in total. The van der Waals surface area contributed by atoms with Gasteiger partial charge in [-0.05, 0) is 12.1 Å². The van der Waals surface area contributed by atoms with Crippen LogP contribution in [0, 0.1) is 0 Å². The maximum atomic E-state index is 5.48. The van der Waals surface area contributed by atoms with E-state index < -0.39 is 0 Å². The Balaban J connectivity index is 0.00000242. The largest absolute Gasteiger partial charge is 0.444 e. The van der Waals surface area contributed by atoms with Gasteiger partial charge in [0.25, 0.3) is 0 Å². The molecule has 0 atom stereocenters. The quantitative estimate of drug-likeness (QED) is 0.327. The first-order valence-electron chi connectivity index (χ1n) is 6.76. The van der Waals surface area contributed by atoms with Gasteiger partial charge in [-0.15, -0.1) is 24.0 Å². The average Bonchev–Trinajstić information content (AvgIpc) is 3.00. The molecule has 120 valence electrons. The first-order chi connectivity index (χ1) is 10.3. The third-order valence-corrected chi connectivity index (χ3v) is 2.83. The van der Waals surface area contributed by atoms with Crippen LogP contribution in [0.15, 0.2) is 46.0 Å². The Morgan fingerprint density at radius 1 is 1.27 bits per heavy atom. The Morgan fingerprint density at radius 3 is 2.73 bits per heavy atom. The molecule has 2 aromatic rings. The second kappa shape index (κ2) is 10.2. The summed E-state index contributed by atoms with van der Waals surface area (Å²) in [7, 11) is 3.39. The molecule has 0 aliphatic rings. The molecule has 0 spiro atoms. The number of aromatic nitrogens is 1. The van der Waals surface area contributed by atoms with E-state index in [1.165, 1.54) is 0 Å². The van der Waals surface area contributed by atoms with Crippen LogP contribution in [0.25, 0.3) is 11.5 Å². The molecule has 0 bridgehead atoms. The third kappa shape index (κ3) is 5.64. The van der Waals surface area contributed by atoms with Gasteiger partial charge in [-0.2, -0.15) is 0 Å². The molecule has 22 heavy (non-hydrogen) atoms. The first kappa shape index (κ1) is 18.4. The first-order valence-corrected chi connectivity index (χ1v) is 6.76. The van der Waals surface area contributed by atoms with Gasteiger partial charge in [0.1, 0.15) is 6.26 Å². The van der Waals surface area contributed by atoms with Gasteiger partial charge in [-0.1, -0.05) is 18.2 Å². The summed E-state index contributed by atoms with van der Waals surface area (Å²) in [5, 5.41) is 6.30. The van der Waals surface area contributed by atoms with Crippen molar-refractivity contribution in [2.24, 2.45) is 4.99 Å². The zero-order valence-electron chi connectivity index (χ0n) is 12.7. The summed E-state index contributed by atoms with van der Waals surface area (Å²) in [4.78, 5) is 8.57. The third-order valence-electron chi connectivity index (χ3n) is 2.83. The Hall–Kier alpha value is -1.61. The normalized spacial score (nSPS) is 10.9. The lowest BCUT2D eigenvalue weighted by atomic mass is 10.2. The fourth-order valence-corrected chi connectivity index (χ4v) is 1.77. The van der Waals surface area contributed by atoms with Gasteiger partial charge < -0.3 is 19.8 Å². The Bertz CT molecular complexity index is 572. The molecular weight excluding hydrogens is 395 g/mol. The van der Waals surface area contributed by atoms with Crippen molar-refractivity contribution in [1.82, 2.24) is 15.6 Å². The van der Waals surface area contributed by atoms with Crippen LogP contribution in [0.1, 0.15) is 5.69 Å². The van der Waals surface area contributed by atoms with Crippen LogP contribution < -0.4 is 10.6 Å². The summed E-state index contributed by atoms with van der Waals surface area (Å²) in [5.41, 5.74) is 1.79. The molecule has 0 aliphatic carbocycles. The minimum absolute atomic E-state index is 0. The second-order valence-electron chi connectivity index (χ2n) is 4.36. The van der Waals surface area contributed by atoms with Gasteiger partial charge in [0.2, 0.25) is 5.89 Å². The number of halogens is 1. The van der Waals surface area contributed by atoms with Crippen molar-refractivity contribution in [2.45, 2.75) is 6.54 Å². The van der Waals surface area contributed by atoms with Gasteiger partial charge >= 0.3 is 0 Å². The molecule has 0 saturated heterocycles. The van der Waals surface area contributed by atoms with E-state index in [1.807, 2.05) is 30.3 Å². The summed E-state index contributed by atoms with van der Waals surface area (Å²) in [6.45, 7) is 1.87. The highest BCUT2D eigenvalue weighted by molar-refractivity contribution is 14.0. The van der Waals surface area contributed by atoms with Gasteiger partial charge in [0.15, 0.2) is 5.96 Å². The van der Waals surface area contributed by atoms with Gasteiger partial charge in [-0.25, -0.2) is 4.98 Å². The molecule has 7 heteroatoms. The zero-order chi connectivity index (χ0) is 14.9. The van der Waals surface area contributed by atoms with E-state index in [9.17, 15) is 0 Å². The van der Waals surface area contributed by atoms with E-state index in [-0.39, 0.29) is 24.0 Å². The molecule has 1 aromatic heterocycles. The minimum atomic E-state index is 0. The minimum Gasteiger partial charge on any atom is -0.444 e. The number of ether oxygens (including phenoxy) is 1. The zero-order valence-corrected chi connectivity index (χ0v) is 15.0. The number of aliphatic imine (C=N–C) groups is 1. The summed E-state index contributed by atoms with van der Waals surface area (Å²) >= 11 is 0. The second-order valence-corrected chi connectivity index (χ2v) is 4.36. The van der Waals surface area contributed by atoms with Crippen molar-refractivity contribution in [2.75, 3.05) is 27.3 Å². The van der Waals surface area contributed by atoms with Crippen LogP contribution in [0.3, 0.4) is 0 Å². The number of hydrogen-bond acceptors (Lipinski definition) is 4. The van der Waals surface area contributed by atoms with Crippen LogP contribution in [0.4, 0.5) is 0 Å². The molecular formula is C15H21IN4O2. The number of rotatable bonds is 6. The van der Waals surface area contributed by atoms with Crippen LogP contribution in [0.5, 0.6) is 0 Å². The van der Waals surface area contributed by atoms with Crippen LogP contribution in [-0.2, 0) is 11.3 Å². The van der Waals surface area contributed by atoms with E-state index in [0.717, 1.165) is 11.3 Å². The number of methoxy groups -OCH3 is 1. The van der Waals surface area contributed by atoms with Crippen molar-refractivity contribution >= 4 is 29.9 Å².